The summed E-state index contributed by atoms with van der Waals surface area (Å²) in [5.74, 6) is 0. The van der Waals surface area contributed by atoms with Gasteiger partial charge in [0.15, 0.2) is 6.10 Å². The number of hydrogen-bond donors (Lipinski definition) is 0. The summed E-state index contributed by atoms with van der Waals surface area (Å²) in [6.45, 7) is 7.02. The molecular weight excluding hydrogens is 414 g/mol. The van der Waals surface area contributed by atoms with E-state index in [-0.39, 0.29) is 0 Å². The molecule has 1 aliphatic heterocycles. The first-order chi connectivity index (χ1) is 9.88. The highest BCUT2D eigenvalue weighted by atomic mass is 127. The molecule has 0 aromatic carbocycles. The van der Waals surface area contributed by atoms with Crippen LogP contribution in [0.4, 0.5) is 18.0 Å². The summed E-state index contributed by atoms with van der Waals surface area (Å²) in [4.78, 5) is 13.5. The Hall–Kier alpha value is -0.250. The third-order valence-electron chi connectivity index (χ3n) is 3.46. The van der Waals surface area contributed by atoms with Crippen LogP contribution in [0.1, 0.15) is 40.5 Å². The van der Waals surface area contributed by atoms with Crippen molar-refractivity contribution in [3.8, 4) is 0 Å². The van der Waals surface area contributed by atoms with Crippen molar-refractivity contribution in [1.29, 1.82) is 0 Å². The maximum Gasteiger partial charge on any atom is 0.414 e. The Kier molecular flexibility index (Phi) is 6.39. The van der Waals surface area contributed by atoms with E-state index in [0.717, 1.165) is 6.92 Å². The smallest absolute Gasteiger partial charge is 0.414 e. The lowest BCUT2D eigenvalue weighted by Crippen LogP contribution is -2.52. The van der Waals surface area contributed by atoms with Gasteiger partial charge in [0.05, 0.1) is 5.60 Å². The second-order valence-corrected chi connectivity index (χ2v) is 7.35. The molecule has 0 saturated carbocycles. The molecule has 22 heavy (non-hydrogen) atoms. The molecule has 0 bridgehead atoms. The number of likely N-dealkylation sites (tertiary alicyclic amines) is 1. The standard InChI is InChI=1S/C14H23F3INO3/c1-10(14(15,16)17)21-13(9-18)5-7-19(8-6-13)11(20)22-12(2,3)4/h10H,5-9H2,1-4H3. The molecule has 1 unspecified atom stereocenters. The number of rotatable bonds is 3. The SMILES string of the molecule is CC(OC1(CI)CCN(C(=O)OC(C)(C)C)CC1)C(F)(F)F. The van der Waals surface area contributed by atoms with E-state index in [1.54, 1.807) is 20.8 Å². The highest BCUT2D eigenvalue weighted by Crippen LogP contribution is 2.34. The minimum Gasteiger partial charge on any atom is -0.444 e. The zero-order valence-electron chi connectivity index (χ0n) is 13.3. The van der Waals surface area contributed by atoms with E-state index >= 15 is 0 Å². The summed E-state index contributed by atoms with van der Waals surface area (Å²) in [5.41, 5.74) is -1.43. The zero-order valence-corrected chi connectivity index (χ0v) is 15.5. The lowest BCUT2D eigenvalue weighted by Gasteiger charge is -2.42. The van der Waals surface area contributed by atoms with Crippen LogP contribution >= 0.6 is 22.6 Å². The summed E-state index contributed by atoms with van der Waals surface area (Å²) < 4.78 is 49.1. The number of carbonyl (C=O) groups is 1. The van der Waals surface area contributed by atoms with Crippen molar-refractivity contribution >= 4 is 28.7 Å². The average molecular weight is 437 g/mol. The molecule has 1 fully saturated rings. The molecule has 0 N–H and O–H groups in total. The van der Waals surface area contributed by atoms with Gasteiger partial charge in [0.1, 0.15) is 5.60 Å². The van der Waals surface area contributed by atoms with Gasteiger partial charge in [-0.1, -0.05) is 22.6 Å². The number of nitrogens with zero attached hydrogens (tertiary/aromatic N) is 1. The second kappa shape index (κ2) is 7.11. The number of carbonyl (C=O) groups excluding carboxylic acids is 1. The first-order valence-electron chi connectivity index (χ1n) is 7.17. The molecule has 1 rings (SSSR count). The van der Waals surface area contributed by atoms with Crippen LogP contribution in [-0.2, 0) is 9.47 Å². The van der Waals surface area contributed by atoms with Crippen LogP contribution in [0.15, 0.2) is 0 Å². The van der Waals surface area contributed by atoms with E-state index in [1.807, 2.05) is 22.6 Å². The molecule has 0 radical (unpaired) electrons. The van der Waals surface area contributed by atoms with E-state index in [1.165, 1.54) is 4.90 Å². The Morgan fingerprint density at radius 2 is 1.77 bits per heavy atom. The molecule has 1 atom stereocenters. The second-order valence-electron chi connectivity index (χ2n) is 6.59. The third-order valence-corrected chi connectivity index (χ3v) is 4.85. The van der Waals surface area contributed by atoms with Crippen LogP contribution < -0.4 is 0 Å². The van der Waals surface area contributed by atoms with Crippen LogP contribution in [0, 0.1) is 0 Å². The van der Waals surface area contributed by atoms with E-state index in [9.17, 15) is 18.0 Å². The summed E-state index contributed by atoms with van der Waals surface area (Å²) in [7, 11) is 0. The molecule has 1 heterocycles. The highest BCUT2D eigenvalue weighted by molar-refractivity contribution is 14.1. The largest absolute Gasteiger partial charge is 0.444 e. The van der Waals surface area contributed by atoms with Crippen molar-refractivity contribution in [1.82, 2.24) is 4.90 Å². The topological polar surface area (TPSA) is 38.8 Å². The Bertz CT molecular complexity index is 388. The molecule has 1 amide bonds. The Morgan fingerprint density at radius 1 is 1.27 bits per heavy atom. The van der Waals surface area contributed by atoms with Gasteiger partial charge in [-0.25, -0.2) is 4.79 Å². The van der Waals surface area contributed by atoms with Gasteiger partial charge in [0.2, 0.25) is 0 Å². The van der Waals surface area contributed by atoms with Crippen molar-refractivity contribution in [3.05, 3.63) is 0 Å². The molecule has 1 aliphatic rings. The van der Waals surface area contributed by atoms with Crippen molar-refractivity contribution in [3.63, 3.8) is 0 Å². The van der Waals surface area contributed by atoms with Gasteiger partial charge in [-0.05, 0) is 40.5 Å². The number of amides is 1. The molecule has 0 spiro atoms. The van der Waals surface area contributed by atoms with Crippen LogP contribution in [0.2, 0.25) is 0 Å². The third kappa shape index (κ3) is 5.75. The lowest BCUT2D eigenvalue weighted by atomic mass is 9.93. The summed E-state index contributed by atoms with van der Waals surface area (Å²) in [5, 5.41) is 0. The number of hydrogen-bond acceptors (Lipinski definition) is 3. The van der Waals surface area contributed by atoms with Gasteiger partial charge in [0, 0.05) is 17.5 Å². The Morgan fingerprint density at radius 3 is 2.14 bits per heavy atom. The van der Waals surface area contributed by atoms with Crippen LogP contribution in [0.25, 0.3) is 0 Å². The quantitative estimate of drug-likeness (QED) is 0.492. The van der Waals surface area contributed by atoms with E-state index in [0.29, 0.717) is 30.4 Å². The zero-order chi connectivity index (χ0) is 17.2. The van der Waals surface area contributed by atoms with E-state index in [4.69, 9.17) is 9.47 Å². The van der Waals surface area contributed by atoms with Crippen molar-refractivity contribution in [2.24, 2.45) is 0 Å². The summed E-state index contributed by atoms with van der Waals surface area (Å²) in [6, 6.07) is 0. The fraction of sp³-hybridized carbons (Fsp3) is 0.929. The van der Waals surface area contributed by atoms with Gasteiger partial charge in [0.25, 0.3) is 0 Å². The van der Waals surface area contributed by atoms with Crippen molar-refractivity contribution < 1.29 is 27.4 Å². The first kappa shape index (κ1) is 19.8. The normalized spacial score (nSPS) is 20.6. The molecule has 0 aliphatic carbocycles. The maximum atomic E-state index is 12.7. The average Bonchev–Trinajstić information content (AvgIpc) is 2.36. The highest BCUT2D eigenvalue weighted by Gasteiger charge is 2.45. The fourth-order valence-corrected chi connectivity index (χ4v) is 3.09. The van der Waals surface area contributed by atoms with Crippen LogP contribution in [0.5, 0.6) is 0 Å². The van der Waals surface area contributed by atoms with Crippen molar-refractivity contribution in [2.45, 2.75) is 64.0 Å². The number of halogens is 4. The van der Waals surface area contributed by atoms with Crippen LogP contribution in [0.3, 0.4) is 0 Å². The van der Waals surface area contributed by atoms with Gasteiger partial charge < -0.3 is 14.4 Å². The fourth-order valence-electron chi connectivity index (χ4n) is 2.15. The van der Waals surface area contributed by atoms with E-state index in [2.05, 4.69) is 0 Å². The monoisotopic (exact) mass is 437 g/mol. The maximum absolute atomic E-state index is 12.7. The first-order valence-corrected chi connectivity index (χ1v) is 8.69. The number of ether oxygens (including phenoxy) is 2. The molecule has 8 heteroatoms. The summed E-state index contributed by atoms with van der Waals surface area (Å²) in [6.07, 6.45) is -5.87. The van der Waals surface area contributed by atoms with Crippen LogP contribution in [-0.4, -0.2) is 52.0 Å². The van der Waals surface area contributed by atoms with E-state index < -0.39 is 29.6 Å². The molecule has 130 valence electrons. The van der Waals surface area contributed by atoms with Gasteiger partial charge in [-0.15, -0.1) is 0 Å². The predicted molar refractivity (Wildman–Crippen MR) is 85.3 cm³/mol. The van der Waals surface area contributed by atoms with Gasteiger partial charge in [-0.2, -0.15) is 13.2 Å². The van der Waals surface area contributed by atoms with Crippen molar-refractivity contribution in [2.75, 3.05) is 17.5 Å². The molecule has 0 aromatic heterocycles. The van der Waals surface area contributed by atoms with Gasteiger partial charge >= 0.3 is 12.3 Å². The summed E-state index contributed by atoms with van der Waals surface area (Å²) >= 11 is 2.04. The van der Waals surface area contributed by atoms with Gasteiger partial charge in [-0.3, -0.25) is 0 Å². The minimum atomic E-state index is -4.37. The lowest BCUT2D eigenvalue weighted by molar-refractivity contribution is -0.248. The number of piperidine rings is 1. The number of alkyl halides is 4. The molecule has 0 aromatic rings. The Balaban J connectivity index is 2.62. The Labute approximate surface area is 142 Å². The molecule has 4 nitrogen and oxygen atoms in total. The predicted octanol–water partition coefficient (Wildman–Crippen LogP) is 4.16. The molecule has 1 saturated heterocycles. The molecular formula is C14H23F3INO3. The minimum absolute atomic E-state index is 0.336.